The quantitative estimate of drug-likeness (QED) is 0.653. The Hall–Kier alpha value is -2.13. The molecule has 8 nitrogen and oxygen atoms in total. The lowest BCUT2D eigenvalue weighted by Crippen LogP contribution is -2.35. The Kier molecular flexibility index (Phi) is 7.42. The maximum absolute atomic E-state index is 12.7. The van der Waals surface area contributed by atoms with Gasteiger partial charge < -0.3 is 15.0 Å². The Bertz CT molecular complexity index is 817. The fraction of sp³-hybridized carbons (Fsp3) is 0.579. The summed E-state index contributed by atoms with van der Waals surface area (Å²) in [6.07, 6.45) is 2.77. The molecule has 1 aliphatic rings. The van der Waals surface area contributed by atoms with E-state index in [-0.39, 0.29) is 22.4 Å². The van der Waals surface area contributed by atoms with E-state index in [4.69, 9.17) is 4.74 Å². The third-order valence-corrected chi connectivity index (χ3v) is 6.58. The van der Waals surface area contributed by atoms with E-state index in [0.717, 1.165) is 36.7 Å². The molecule has 0 aromatic heterocycles. The van der Waals surface area contributed by atoms with Crippen molar-refractivity contribution in [1.82, 2.24) is 9.62 Å². The zero-order valence-electron chi connectivity index (χ0n) is 16.9. The van der Waals surface area contributed by atoms with Crippen molar-refractivity contribution in [3.05, 3.63) is 23.8 Å². The van der Waals surface area contributed by atoms with Crippen LogP contribution in [0, 0.1) is 0 Å². The first-order valence-corrected chi connectivity index (χ1v) is 10.9. The van der Waals surface area contributed by atoms with Gasteiger partial charge in [0.15, 0.2) is 6.61 Å². The molecule has 0 saturated carbocycles. The molecule has 1 saturated heterocycles. The molecule has 2 rings (SSSR count). The van der Waals surface area contributed by atoms with Gasteiger partial charge in [-0.3, -0.25) is 4.79 Å². The standard InChI is InChI=1S/C19H29N3O5S/c1-5-14(2)20-18(23)13-27-19(24)16-12-15(28(25,26)21(3)4)8-9-17(16)22-10-6-7-11-22/h8-9,12,14H,5-7,10-11,13H2,1-4H3,(H,20,23)/t14-/m1/s1. The van der Waals surface area contributed by atoms with E-state index in [1.165, 1.54) is 26.2 Å². The van der Waals surface area contributed by atoms with Gasteiger partial charge >= 0.3 is 5.97 Å². The average molecular weight is 412 g/mol. The van der Waals surface area contributed by atoms with Crippen LogP contribution >= 0.6 is 0 Å². The average Bonchev–Trinajstić information content (AvgIpc) is 3.19. The molecule has 1 heterocycles. The minimum absolute atomic E-state index is 0.0106. The molecule has 9 heteroatoms. The van der Waals surface area contributed by atoms with E-state index in [2.05, 4.69) is 5.32 Å². The Morgan fingerprint density at radius 3 is 2.46 bits per heavy atom. The SMILES string of the molecule is CC[C@@H](C)NC(=O)COC(=O)c1cc(S(=O)(=O)N(C)C)ccc1N1CCCC1. The molecule has 1 aromatic carbocycles. The summed E-state index contributed by atoms with van der Waals surface area (Å²) in [5.41, 5.74) is 0.781. The summed E-state index contributed by atoms with van der Waals surface area (Å²) >= 11 is 0. The molecule has 156 valence electrons. The molecule has 0 spiro atoms. The minimum atomic E-state index is -3.70. The maximum Gasteiger partial charge on any atom is 0.340 e. The Morgan fingerprint density at radius 1 is 1.25 bits per heavy atom. The molecule has 1 amide bonds. The van der Waals surface area contributed by atoms with Gasteiger partial charge in [-0.1, -0.05) is 6.92 Å². The lowest BCUT2D eigenvalue weighted by atomic mass is 10.1. The van der Waals surface area contributed by atoms with Gasteiger partial charge in [-0.2, -0.15) is 0 Å². The van der Waals surface area contributed by atoms with Crippen LogP contribution < -0.4 is 10.2 Å². The van der Waals surface area contributed by atoms with Gasteiger partial charge in [-0.25, -0.2) is 17.5 Å². The van der Waals surface area contributed by atoms with Crippen LogP contribution in [0.5, 0.6) is 0 Å². The summed E-state index contributed by atoms with van der Waals surface area (Å²) in [6, 6.07) is 4.45. The van der Waals surface area contributed by atoms with Crippen LogP contribution in [-0.2, 0) is 19.6 Å². The molecule has 1 fully saturated rings. The molecule has 0 bridgehead atoms. The van der Waals surface area contributed by atoms with Gasteiger partial charge in [0.05, 0.1) is 16.1 Å². The molecule has 28 heavy (non-hydrogen) atoms. The highest BCUT2D eigenvalue weighted by atomic mass is 32.2. The van der Waals surface area contributed by atoms with Crippen molar-refractivity contribution in [3.8, 4) is 0 Å². The largest absolute Gasteiger partial charge is 0.452 e. The second-order valence-electron chi connectivity index (χ2n) is 7.11. The number of sulfonamides is 1. The summed E-state index contributed by atoms with van der Waals surface area (Å²) in [6.45, 7) is 4.97. The number of carbonyl (C=O) groups is 2. The number of esters is 1. The molecular formula is C19H29N3O5S. The van der Waals surface area contributed by atoms with Crippen molar-refractivity contribution in [2.75, 3.05) is 38.7 Å². The second kappa shape index (κ2) is 9.38. The van der Waals surface area contributed by atoms with Crippen molar-refractivity contribution in [2.24, 2.45) is 0 Å². The van der Waals surface area contributed by atoms with E-state index in [1.807, 2.05) is 18.7 Å². The predicted octanol–water partition coefficient (Wildman–Crippen LogP) is 1.61. The molecule has 1 atom stereocenters. The Balaban J connectivity index is 2.27. The third kappa shape index (κ3) is 5.23. The highest BCUT2D eigenvalue weighted by Gasteiger charge is 2.25. The monoisotopic (exact) mass is 411 g/mol. The van der Waals surface area contributed by atoms with Crippen molar-refractivity contribution in [3.63, 3.8) is 0 Å². The van der Waals surface area contributed by atoms with Gasteiger partial charge in [-0.05, 0) is 44.4 Å². The van der Waals surface area contributed by atoms with Crippen LogP contribution in [-0.4, -0.2) is 64.4 Å². The first kappa shape index (κ1) is 22.2. The first-order chi connectivity index (χ1) is 13.2. The van der Waals surface area contributed by atoms with Crippen LogP contribution in [0.1, 0.15) is 43.5 Å². The topological polar surface area (TPSA) is 96.0 Å². The molecule has 1 aliphatic heterocycles. The number of anilines is 1. The zero-order valence-corrected chi connectivity index (χ0v) is 17.7. The summed E-state index contributed by atoms with van der Waals surface area (Å²) in [7, 11) is -0.833. The van der Waals surface area contributed by atoms with Crippen LogP contribution in [0.25, 0.3) is 0 Å². The number of rotatable bonds is 8. The molecule has 0 radical (unpaired) electrons. The maximum atomic E-state index is 12.7. The van der Waals surface area contributed by atoms with Crippen molar-refractivity contribution in [2.45, 2.75) is 44.0 Å². The molecule has 0 aliphatic carbocycles. The number of ether oxygens (including phenoxy) is 1. The third-order valence-electron chi connectivity index (χ3n) is 4.77. The van der Waals surface area contributed by atoms with Crippen LogP contribution in [0.15, 0.2) is 23.1 Å². The highest BCUT2D eigenvalue weighted by molar-refractivity contribution is 7.89. The lowest BCUT2D eigenvalue weighted by molar-refractivity contribution is -0.124. The molecule has 1 aromatic rings. The van der Waals surface area contributed by atoms with Gasteiger partial charge in [0, 0.05) is 33.2 Å². The van der Waals surface area contributed by atoms with E-state index in [9.17, 15) is 18.0 Å². The number of hydrogen-bond acceptors (Lipinski definition) is 6. The summed E-state index contributed by atoms with van der Waals surface area (Å²) < 4.78 is 31.2. The predicted molar refractivity (Wildman–Crippen MR) is 107 cm³/mol. The number of benzene rings is 1. The van der Waals surface area contributed by atoms with Crippen LogP contribution in [0.3, 0.4) is 0 Å². The molecule has 1 N–H and O–H groups in total. The van der Waals surface area contributed by atoms with Crippen LogP contribution in [0.2, 0.25) is 0 Å². The lowest BCUT2D eigenvalue weighted by Gasteiger charge is -2.22. The van der Waals surface area contributed by atoms with E-state index >= 15 is 0 Å². The van der Waals surface area contributed by atoms with Gasteiger partial charge in [-0.15, -0.1) is 0 Å². The second-order valence-corrected chi connectivity index (χ2v) is 9.27. The summed E-state index contributed by atoms with van der Waals surface area (Å²) in [5, 5.41) is 2.73. The first-order valence-electron chi connectivity index (χ1n) is 9.44. The van der Waals surface area contributed by atoms with Crippen LogP contribution in [0.4, 0.5) is 5.69 Å². The summed E-state index contributed by atoms with van der Waals surface area (Å²) in [5.74, 6) is -1.10. The van der Waals surface area contributed by atoms with Gasteiger partial charge in [0.2, 0.25) is 10.0 Å². The van der Waals surface area contributed by atoms with E-state index in [1.54, 1.807) is 6.07 Å². The number of hydrogen-bond donors (Lipinski definition) is 1. The van der Waals surface area contributed by atoms with E-state index < -0.39 is 22.6 Å². The van der Waals surface area contributed by atoms with Gasteiger partial charge in [0.1, 0.15) is 0 Å². The number of amides is 1. The van der Waals surface area contributed by atoms with Crippen molar-refractivity contribution >= 4 is 27.6 Å². The Morgan fingerprint density at radius 2 is 1.89 bits per heavy atom. The van der Waals surface area contributed by atoms with Gasteiger partial charge in [0.25, 0.3) is 5.91 Å². The zero-order chi connectivity index (χ0) is 20.9. The fourth-order valence-corrected chi connectivity index (χ4v) is 3.84. The molecular weight excluding hydrogens is 382 g/mol. The normalized spacial score (nSPS) is 15.5. The number of carbonyl (C=O) groups excluding carboxylic acids is 2. The van der Waals surface area contributed by atoms with Crippen molar-refractivity contribution in [1.29, 1.82) is 0 Å². The minimum Gasteiger partial charge on any atom is -0.452 e. The Labute approximate surface area is 166 Å². The smallest absolute Gasteiger partial charge is 0.340 e. The van der Waals surface area contributed by atoms with E-state index in [0.29, 0.717) is 5.69 Å². The number of nitrogens with zero attached hydrogens (tertiary/aromatic N) is 2. The highest BCUT2D eigenvalue weighted by Crippen LogP contribution is 2.28. The fourth-order valence-electron chi connectivity index (χ4n) is 2.91. The molecule has 0 unspecified atom stereocenters. The van der Waals surface area contributed by atoms with Crippen molar-refractivity contribution < 1.29 is 22.7 Å². The summed E-state index contributed by atoms with van der Waals surface area (Å²) in [4.78, 5) is 26.6. The number of nitrogens with one attached hydrogen (secondary N) is 1.